The summed E-state index contributed by atoms with van der Waals surface area (Å²) in [6.45, 7) is 2.89. The molecule has 1 atom stereocenters. The molecular weight excluding hydrogens is 272 g/mol. The highest BCUT2D eigenvalue weighted by Gasteiger charge is 2.28. The predicted molar refractivity (Wildman–Crippen MR) is 76.7 cm³/mol. The minimum Gasteiger partial charge on any atom is -0.384 e. The van der Waals surface area contributed by atoms with E-state index < -0.39 is 17.9 Å². The highest BCUT2D eigenvalue weighted by Crippen LogP contribution is 2.08. The van der Waals surface area contributed by atoms with Gasteiger partial charge in [-0.3, -0.25) is 19.7 Å². The third kappa shape index (κ3) is 4.01. The van der Waals surface area contributed by atoms with Crippen LogP contribution in [0.4, 0.5) is 5.69 Å². The fourth-order valence-corrected chi connectivity index (χ4v) is 1.97. The lowest BCUT2D eigenvalue weighted by atomic mass is 10.1. The number of pyridine rings is 1. The summed E-state index contributed by atoms with van der Waals surface area (Å²) in [4.78, 5) is 38.7. The Morgan fingerprint density at radius 3 is 2.86 bits per heavy atom. The van der Waals surface area contributed by atoms with Crippen molar-refractivity contribution in [3.05, 3.63) is 24.0 Å². The number of carbonyl (C=O) groups is 3. The van der Waals surface area contributed by atoms with E-state index in [4.69, 9.17) is 0 Å². The van der Waals surface area contributed by atoms with Gasteiger partial charge in [0.2, 0.25) is 11.8 Å². The zero-order valence-corrected chi connectivity index (χ0v) is 11.8. The van der Waals surface area contributed by atoms with Gasteiger partial charge in [-0.15, -0.1) is 0 Å². The molecule has 1 saturated heterocycles. The van der Waals surface area contributed by atoms with Crippen LogP contribution in [0.3, 0.4) is 0 Å². The summed E-state index contributed by atoms with van der Waals surface area (Å²) in [6.07, 6.45) is 3.11. The van der Waals surface area contributed by atoms with Crippen molar-refractivity contribution >= 4 is 23.4 Å². The van der Waals surface area contributed by atoms with Crippen LogP contribution in [0, 0.1) is 0 Å². The first kappa shape index (κ1) is 15.0. The van der Waals surface area contributed by atoms with Gasteiger partial charge in [0.05, 0.1) is 11.9 Å². The highest BCUT2D eigenvalue weighted by atomic mass is 16.2. The van der Waals surface area contributed by atoms with Crippen molar-refractivity contribution < 1.29 is 14.4 Å². The average Bonchev–Trinajstić information content (AvgIpc) is 2.48. The molecule has 1 unspecified atom stereocenters. The zero-order valence-electron chi connectivity index (χ0n) is 11.8. The summed E-state index contributed by atoms with van der Waals surface area (Å²) < 4.78 is 0. The van der Waals surface area contributed by atoms with Crippen LogP contribution >= 0.6 is 0 Å². The molecule has 0 spiro atoms. The molecule has 3 amide bonds. The average molecular weight is 290 g/mol. The summed E-state index contributed by atoms with van der Waals surface area (Å²) in [7, 11) is 0. The molecule has 1 aromatic rings. The van der Waals surface area contributed by atoms with Crippen LogP contribution in [-0.4, -0.2) is 35.3 Å². The first-order valence-electron chi connectivity index (χ1n) is 6.94. The summed E-state index contributed by atoms with van der Waals surface area (Å²) in [6, 6.07) is 2.68. The van der Waals surface area contributed by atoms with Gasteiger partial charge in [0.15, 0.2) is 0 Å². The lowest BCUT2D eigenvalue weighted by Crippen LogP contribution is -2.52. The predicted octanol–water partition coefficient (Wildman–Crippen LogP) is 0.438. The van der Waals surface area contributed by atoms with E-state index in [1.165, 1.54) is 0 Å². The molecule has 1 aliphatic rings. The molecule has 1 aromatic heterocycles. The number of piperidine rings is 1. The van der Waals surface area contributed by atoms with E-state index in [2.05, 4.69) is 27.9 Å². The molecule has 0 saturated carbocycles. The number of rotatable bonds is 5. The topological polar surface area (TPSA) is 100 Å². The van der Waals surface area contributed by atoms with Gasteiger partial charge in [-0.05, 0) is 25.0 Å². The van der Waals surface area contributed by atoms with Crippen LogP contribution in [0.5, 0.6) is 0 Å². The number of anilines is 1. The largest absolute Gasteiger partial charge is 0.384 e. The van der Waals surface area contributed by atoms with Gasteiger partial charge in [-0.1, -0.05) is 6.92 Å². The second-order valence-electron chi connectivity index (χ2n) is 4.84. The second-order valence-corrected chi connectivity index (χ2v) is 4.84. The Labute approximate surface area is 122 Å². The Morgan fingerprint density at radius 2 is 2.24 bits per heavy atom. The molecule has 3 N–H and O–H groups in total. The van der Waals surface area contributed by atoms with Gasteiger partial charge >= 0.3 is 0 Å². The van der Waals surface area contributed by atoms with Gasteiger partial charge in [-0.2, -0.15) is 0 Å². The van der Waals surface area contributed by atoms with E-state index >= 15 is 0 Å². The summed E-state index contributed by atoms with van der Waals surface area (Å²) in [5.74, 6) is -1.21. The van der Waals surface area contributed by atoms with E-state index in [9.17, 15) is 14.4 Å². The third-order valence-electron chi connectivity index (χ3n) is 3.12. The number of nitrogens with one attached hydrogen (secondary N) is 3. The number of hydrogen-bond donors (Lipinski definition) is 3. The highest BCUT2D eigenvalue weighted by molar-refractivity contribution is 6.03. The van der Waals surface area contributed by atoms with Gasteiger partial charge in [-0.25, -0.2) is 4.98 Å². The molecule has 1 fully saturated rings. The molecule has 0 bridgehead atoms. The maximum atomic E-state index is 12.0. The van der Waals surface area contributed by atoms with E-state index in [1.54, 1.807) is 18.3 Å². The van der Waals surface area contributed by atoms with Gasteiger partial charge < -0.3 is 10.6 Å². The second kappa shape index (κ2) is 6.83. The Bertz CT molecular complexity index is 542. The molecule has 112 valence electrons. The molecule has 7 nitrogen and oxygen atoms in total. The summed E-state index contributed by atoms with van der Waals surface area (Å²) in [5, 5.41) is 7.94. The molecule has 2 rings (SSSR count). The lowest BCUT2D eigenvalue weighted by Gasteiger charge is -2.21. The van der Waals surface area contributed by atoms with Gasteiger partial charge in [0.1, 0.15) is 11.7 Å². The van der Waals surface area contributed by atoms with Crippen LogP contribution in [0.1, 0.15) is 36.7 Å². The van der Waals surface area contributed by atoms with Crippen molar-refractivity contribution in [3.63, 3.8) is 0 Å². The Kier molecular flexibility index (Phi) is 4.86. The van der Waals surface area contributed by atoms with Crippen molar-refractivity contribution in [2.75, 3.05) is 11.9 Å². The van der Waals surface area contributed by atoms with Crippen LogP contribution in [0.15, 0.2) is 18.3 Å². The Balaban J connectivity index is 1.94. The van der Waals surface area contributed by atoms with Crippen LogP contribution in [0.25, 0.3) is 0 Å². The molecule has 21 heavy (non-hydrogen) atoms. The number of hydrogen-bond acceptors (Lipinski definition) is 5. The fraction of sp³-hybridized carbons (Fsp3) is 0.429. The standard InChI is InChI=1S/C14H18N4O3/c1-2-7-15-9-3-4-10(16-8-9)13(20)17-11-5-6-12(19)18-14(11)21/h3-4,8,11,15H,2,5-7H2,1H3,(H,17,20)(H,18,19,21). The normalized spacial score (nSPS) is 18.0. The van der Waals surface area contributed by atoms with Crippen molar-refractivity contribution in [3.8, 4) is 0 Å². The zero-order chi connectivity index (χ0) is 15.2. The Hall–Kier alpha value is -2.44. The van der Waals surface area contributed by atoms with Gasteiger partial charge in [0.25, 0.3) is 5.91 Å². The van der Waals surface area contributed by atoms with Gasteiger partial charge in [0, 0.05) is 13.0 Å². The monoisotopic (exact) mass is 290 g/mol. The van der Waals surface area contributed by atoms with E-state index in [0.717, 1.165) is 18.7 Å². The quantitative estimate of drug-likeness (QED) is 0.683. The van der Waals surface area contributed by atoms with E-state index in [-0.39, 0.29) is 18.0 Å². The number of aromatic nitrogens is 1. The van der Waals surface area contributed by atoms with Crippen LogP contribution in [-0.2, 0) is 9.59 Å². The molecule has 1 aliphatic heterocycles. The molecule has 0 aliphatic carbocycles. The minimum atomic E-state index is -0.685. The van der Waals surface area contributed by atoms with Crippen molar-refractivity contribution in [2.45, 2.75) is 32.2 Å². The first-order valence-corrected chi connectivity index (χ1v) is 6.94. The number of carbonyl (C=O) groups excluding carboxylic acids is 3. The third-order valence-corrected chi connectivity index (χ3v) is 3.12. The first-order chi connectivity index (χ1) is 10.1. The molecule has 0 aromatic carbocycles. The lowest BCUT2D eigenvalue weighted by molar-refractivity contribution is -0.134. The van der Waals surface area contributed by atoms with Crippen molar-refractivity contribution in [1.82, 2.24) is 15.6 Å². The van der Waals surface area contributed by atoms with Crippen LogP contribution in [0.2, 0.25) is 0 Å². The smallest absolute Gasteiger partial charge is 0.270 e. The van der Waals surface area contributed by atoms with E-state index in [0.29, 0.717) is 6.42 Å². The van der Waals surface area contributed by atoms with Crippen molar-refractivity contribution in [2.24, 2.45) is 0 Å². The van der Waals surface area contributed by atoms with E-state index in [1.807, 2.05) is 0 Å². The summed E-state index contributed by atoms with van der Waals surface area (Å²) in [5.41, 5.74) is 1.08. The maximum absolute atomic E-state index is 12.0. The molecule has 7 heteroatoms. The number of nitrogens with zero attached hydrogens (tertiary/aromatic N) is 1. The Morgan fingerprint density at radius 1 is 1.43 bits per heavy atom. The van der Waals surface area contributed by atoms with Crippen molar-refractivity contribution in [1.29, 1.82) is 0 Å². The van der Waals surface area contributed by atoms with Crippen LogP contribution < -0.4 is 16.0 Å². The molecular formula is C14H18N4O3. The number of imide groups is 1. The molecule has 0 radical (unpaired) electrons. The molecule has 2 heterocycles. The fourth-order valence-electron chi connectivity index (χ4n) is 1.97. The summed E-state index contributed by atoms with van der Waals surface area (Å²) >= 11 is 0. The minimum absolute atomic E-state index is 0.226. The maximum Gasteiger partial charge on any atom is 0.270 e. The SMILES string of the molecule is CCCNc1ccc(C(=O)NC2CCC(=O)NC2=O)nc1. The number of amides is 3.